The van der Waals surface area contributed by atoms with Crippen molar-refractivity contribution in [3.63, 3.8) is 0 Å². The first-order valence-electron chi connectivity index (χ1n) is 11.0. The number of fused-ring (bicyclic) bond motifs is 1. The number of nitrogens with zero attached hydrogens (tertiary/aromatic N) is 2. The lowest BCUT2D eigenvalue weighted by atomic mass is 10.0. The van der Waals surface area contributed by atoms with Crippen LogP contribution >= 0.6 is 0 Å². The lowest BCUT2D eigenvalue weighted by molar-refractivity contribution is 0.454. The van der Waals surface area contributed by atoms with Gasteiger partial charge in [-0.3, -0.25) is 0 Å². The third kappa shape index (κ3) is 4.45. The molecule has 30 heavy (non-hydrogen) atoms. The number of hydrogen-bond acceptors (Lipinski definition) is 5. The van der Waals surface area contributed by atoms with Crippen LogP contribution in [0.2, 0.25) is 0 Å². The van der Waals surface area contributed by atoms with Gasteiger partial charge in [0.2, 0.25) is 0 Å². The molecular formula is C25H33N5. The van der Waals surface area contributed by atoms with Gasteiger partial charge < -0.3 is 25.8 Å². The summed E-state index contributed by atoms with van der Waals surface area (Å²) in [5.74, 6) is 0. The lowest BCUT2D eigenvalue weighted by Crippen LogP contribution is -2.43. The van der Waals surface area contributed by atoms with Crippen LogP contribution in [0.3, 0.4) is 0 Å². The number of rotatable bonds is 6. The normalized spacial score (nSPS) is 19.8. The van der Waals surface area contributed by atoms with Crippen LogP contribution in [0.5, 0.6) is 0 Å². The first-order chi connectivity index (χ1) is 14.7. The van der Waals surface area contributed by atoms with Crippen molar-refractivity contribution in [2.45, 2.75) is 38.3 Å². The third-order valence-electron chi connectivity index (χ3n) is 6.34. The van der Waals surface area contributed by atoms with E-state index in [0.29, 0.717) is 6.04 Å². The highest BCUT2D eigenvalue weighted by molar-refractivity contribution is 5.82. The van der Waals surface area contributed by atoms with E-state index in [1.54, 1.807) is 0 Å². The van der Waals surface area contributed by atoms with Crippen molar-refractivity contribution in [1.29, 1.82) is 5.41 Å². The van der Waals surface area contributed by atoms with Crippen LogP contribution in [-0.2, 0) is 6.42 Å². The molecule has 5 nitrogen and oxygen atoms in total. The summed E-state index contributed by atoms with van der Waals surface area (Å²) in [7, 11) is 2.12. The molecule has 1 unspecified atom stereocenters. The second-order valence-electron chi connectivity index (χ2n) is 8.33. The van der Waals surface area contributed by atoms with Gasteiger partial charge in [-0.2, -0.15) is 0 Å². The predicted octanol–water partition coefficient (Wildman–Crippen LogP) is 4.27. The summed E-state index contributed by atoms with van der Waals surface area (Å²) in [6.45, 7) is 5.19. The van der Waals surface area contributed by atoms with Gasteiger partial charge >= 0.3 is 0 Å². The molecule has 0 aliphatic carbocycles. The molecule has 2 aromatic carbocycles. The van der Waals surface area contributed by atoms with E-state index in [9.17, 15) is 0 Å². The van der Waals surface area contributed by atoms with Gasteiger partial charge in [-0.05, 0) is 49.1 Å². The molecular weight excluding hydrogens is 370 g/mol. The Labute approximate surface area is 180 Å². The molecule has 1 saturated heterocycles. The van der Waals surface area contributed by atoms with Gasteiger partial charge in [-0.15, -0.1) is 0 Å². The number of benzene rings is 2. The molecule has 0 aromatic heterocycles. The van der Waals surface area contributed by atoms with Gasteiger partial charge in [0, 0.05) is 56.4 Å². The Hall–Kier alpha value is -2.95. The summed E-state index contributed by atoms with van der Waals surface area (Å²) in [4.78, 5) is 4.75. The molecule has 1 fully saturated rings. The van der Waals surface area contributed by atoms with Gasteiger partial charge in [0.25, 0.3) is 0 Å². The molecule has 5 heteroatoms. The molecule has 0 saturated carbocycles. The monoisotopic (exact) mass is 403 g/mol. The zero-order chi connectivity index (χ0) is 20.9. The van der Waals surface area contributed by atoms with E-state index >= 15 is 0 Å². The van der Waals surface area contributed by atoms with Crippen LogP contribution in [0.1, 0.15) is 25.3 Å². The van der Waals surface area contributed by atoms with Crippen molar-refractivity contribution >= 4 is 23.3 Å². The highest BCUT2D eigenvalue weighted by Gasteiger charge is 2.24. The second kappa shape index (κ2) is 9.24. The largest absolute Gasteiger partial charge is 0.388 e. The minimum absolute atomic E-state index is 0.117. The fourth-order valence-electron chi connectivity index (χ4n) is 4.46. The Balaban J connectivity index is 1.35. The van der Waals surface area contributed by atoms with Gasteiger partial charge in [-0.25, -0.2) is 0 Å². The van der Waals surface area contributed by atoms with Crippen LogP contribution in [0.15, 0.2) is 60.3 Å². The molecule has 158 valence electrons. The lowest BCUT2D eigenvalue weighted by Gasteiger charge is -2.36. The maximum absolute atomic E-state index is 7.95. The van der Waals surface area contributed by atoms with E-state index < -0.39 is 0 Å². The molecule has 1 atom stereocenters. The summed E-state index contributed by atoms with van der Waals surface area (Å²) in [5, 5.41) is 15.1. The van der Waals surface area contributed by atoms with Crippen LogP contribution in [-0.4, -0.2) is 45.0 Å². The molecule has 0 spiro atoms. The van der Waals surface area contributed by atoms with Crippen molar-refractivity contribution < 1.29 is 0 Å². The predicted molar refractivity (Wildman–Crippen MR) is 128 cm³/mol. The number of likely N-dealkylation sites (N-methyl/N-ethyl adjacent to an activating group) is 1. The number of hydrogen-bond donors (Lipinski definition) is 3. The quantitative estimate of drug-likeness (QED) is 0.631. The summed E-state index contributed by atoms with van der Waals surface area (Å²) in [6, 6.07) is 17.9. The van der Waals surface area contributed by atoms with Crippen LogP contribution in [0.4, 0.5) is 17.1 Å². The molecule has 2 heterocycles. The van der Waals surface area contributed by atoms with E-state index in [0.717, 1.165) is 50.2 Å². The SMILES string of the molecule is CCc1cccc(N2CCC(N/C=C(\C=N)C3CN(C)c4ccccc4N3)CC2)c1. The molecule has 2 aliphatic heterocycles. The van der Waals surface area contributed by atoms with E-state index in [1.165, 1.54) is 23.2 Å². The summed E-state index contributed by atoms with van der Waals surface area (Å²) >= 11 is 0. The fraction of sp³-hybridized carbons (Fsp3) is 0.400. The Morgan fingerprint density at radius 3 is 2.73 bits per heavy atom. The Kier molecular flexibility index (Phi) is 6.26. The maximum Gasteiger partial charge on any atom is 0.0718 e. The molecule has 4 rings (SSSR count). The zero-order valence-corrected chi connectivity index (χ0v) is 18.1. The molecule has 0 amide bonds. The molecule has 3 N–H and O–H groups in total. The minimum atomic E-state index is 0.117. The number of nitrogens with one attached hydrogen (secondary N) is 3. The van der Waals surface area contributed by atoms with E-state index in [4.69, 9.17) is 5.41 Å². The van der Waals surface area contributed by atoms with Crippen molar-refractivity contribution in [2.24, 2.45) is 0 Å². The minimum Gasteiger partial charge on any atom is -0.388 e. The van der Waals surface area contributed by atoms with Gasteiger partial charge in [0.05, 0.1) is 17.4 Å². The molecule has 2 aliphatic rings. The van der Waals surface area contributed by atoms with Crippen molar-refractivity contribution in [3.05, 3.63) is 65.9 Å². The highest BCUT2D eigenvalue weighted by Crippen LogP contribution is 2.30. The van der Waals surface area contributed by atoms with Gasteiger partial charge in [0.15, 0.2) is 0 Å². The van der Waals surface area contributed by atoms with Gasteiger partial charge in [-0.1, -0.05) is 31.2 Å². The highest BCUT2D eigenvalue weighted by atomic mass is 15.2. The van der Waals surface area contributed by atoms with E-state index in [1.807, 2.05) is 0 Å². The number of aryl methyl sites for hydroxylation is 1. The number of para-hydroxylation sites is 2. The van der Waals surface area contributed by atoms with E-state index in [2.05, 4.69) is 89.1 Å². The smallest absolute Gasteiger partial charge is 0.0718 e. The van der Waals surface area contributed by atoms with Crippen LogP contribution in [0, 0.1) is 5.41 Å². The first-order valence-corrected chi connectivity index (χ1v) is 11.0. The molecule has 0 radical (unpaired) electrons. The van der Waals surface area contributed by atoms with Crippen molar-refractivity contribution in [1.82, 2.24) is 5.32 Å². The Morgan fingerprint density at radius 2 is 1.97 bits per heavy atom. The summed E-state index contributed by atoms with van der Waals surface area (Å²) in [6.07, 6.45) is 6.85. The molecule has 2 aromatic rings. The van der Waals surface area contributed by atoms with E-state index in [-0.39, 0.29) is 6.04 Å². The average molecular weight is 404 g/mol. The zero-order valence-electron chi connectivity index (χ0n) is 18.1. The second-order valence-corrected chi connectivity index (χ2v) is 8.33. The fourth-order valence-corrected chi connectivity index (χ4v) is 4.46. The molecule has 0 bridgehead atoms. The Morgan fingerprint density at radius 1 is 1.17 bits per heavy atom. The average Bonchev–Trinajstić information content (AvgIpc) is 2.80. The van der Waals surface area contributed by atoms with Crippen molar-refractivity contribution in [2.75, 3.05) is 41.8 Å². The van der Waals surface area contributed by atoms with Crippen LogP contribution in [0.25, 0.3) is 0 Å². The van der Waals surface area contributed by atoms with Gasteiger partial charge in [0.1, 0.15) is 0 Å². The van der Waals surface area contributed by atoms with Crippen molar-refractivity contribution in [3.8, 4) is 0 Å². The maximum atomic E-state index is 7.95. The topological polar surface area (TPSA) is 54.4 Å². The third-order valence-corrected chi connectivity index (χ3v) is 6.34. The standard InChI is InChI=1S/C25H33N5/c1-3-19-7-6-8-22(15-19)30-13-11-21(12-14-30)27-17-20(16-26)24-18-29(2)25-10-5-4-9-23(25)28-24/h4-10,15-17,21,24,26-28H,3,11-14,18H2,1-2H3/b20-17+,26-16?. The first kappa shape index (κ1) is 20.3. The van der Waals surface area contributed by atoms with Crippen LogP contribution < -0.4 is 20.4 Å². The summed E-state index contributed by atoms with van der Waals surface area (Å²) < 4.78 is 0. The Bertz CT molecular complexity index is 898. The summed E-state index contributed by atoms with van der Waals surface area (Å²) in [5.41, 5.74) is 6.08. The number of piperidine rings is 1. The number of anilines is 3.